The van der Waals surface area contributed by atoms with Crippen molar-refractivity contribution in [2.75, 3.05) is 13.7 Å². The summed E-state index contributed by atoms with van der Waals surface area (Å²) in [5.41, 5.74) is 0. The molecule has 0 fully saturated rings. The van der Waals surface area contributed by atoms with Crippen LogP contribution in [0.1, 0.15) is 39.0 Å². The first-order valence-corrected chi connectivity index (χ1v) is 8.13. The Bertz CT molecular complexity index is 413. The van der Waals surface area contributed by atoms with Gasteiger partial charge in [0, 0.05) is 3.92 Å². The van der Waals surface area contributed by atoms with Crippen LogP contribution >= 0.6 is 22.6 Å². The summed E-state index contributed by atoms with van der Waals surface area (Å²) in [5, 5.41) is 0. The molecule has 0 N–H and O–H groups in total. The van der Waals surface area contributed by atoms with E-state index in [4.69, 9.17) is 9.47 Å². The Balaban J connectivity index is 2.34. The molecule has 1 atom stereocenters. The second-order valence-electron chi connectivity index (χ2n) is 4.62. The zero-order chi connectivity index (χ0) is 15.0. The number of rotatable bonds is 9. The van der Waals surface area contributed by atoms with E-state index in [2.05, 4.69) is 29.5 Å². The average molecular weight is 398 g/mol. The van der Waals surface area contributed by atoms with Crippen LogP contribution in [0.5, 0.6) is 11.5 Å². The summed E-state index contributed by atoms with van der Waals surface area (Å²) in [5.74, 6) is -2.15. The van der Waals surface area contributed by atoms with Gasteiger partial charge in [-0.2, -0.15) is 8.78 Å². The van der Waals surface area contributed by atoms with E-state index < -0.39 is 11.6 Å². The standard InChI is InChI=1S/C15H21F2IO2/c1-3-6-11(18)7-4-5-10-20-13-9-8-12(19-2)14(16)15(13)17/h8-9,11H,3-7,10H2,1-2H3. The lowest BCUT2D eigenvalue weighted by atomic mass is 10.1. The Hall–Kier alpha value is -0.590. The minimum absolute atomic E-state index is 0.0529. The largest absolute Gasteiger partial charge is 0.494 e. The molecule has 0 heterocycles. The first-order chi connectivity index (χ1) is 9.60. The molecule has 2 nitrogen and oxygen atoms in total. The van der Waals surface area contributed by atoms with Crippen LogP contribution in [0.4, 0.5) is 8.78 Å². The van der Waals surface area contributed by atoms with Crippen LogP contribution in [0.3, 0.4) is 0 Å². The summed E-state index contributed by atoms with van der Waals surface area (Å²) in [6, 6.07) is 2.77. The second-order valence-corrected chi connectivity index (χ2v) is 6.39. The molecule has 114 valence electrons. The third-order valence-electron chi connectivity index (χ3n) is 3.00. The lowest BCUT2D eigenvalue weighted by Gasteiger charge is -2.11. The molecule has 0 radical (unpaired) electrons. The van der Waals surface area contributed by atoms with E-state index >= 15 is 0 Å². The van der Waals surface area contributed by atoms with E-state index in [-0.39, 0.29) is 11.5 Å². The van der Waals surface area contributed by atoms with Crippen LogP contribution in [0.2, 0.25) is 0 Å². The zero-order valence-corrected chi connectivity index (χ0v) is 14.1. The van der Waals surface area contributed by atoms with E-state index in [1.807, 2.05) is 0 Å². The van der Waals surface area contributed by atoms with E-state index in [9.17, 15) is 8.78 Å². The van der Waals surface area contributed by atoms with Crippen molar-refractivity contribution in [1.29, 1.82) is 0 Å². The first-order valence-electron chi connectivity index (χ1n) is 6.89. The summed E-state index contributed by atoms with van der Waals surface area (Å²) < 4.78 is 37.7. The van der Waals surface area contributed by atoms with Crippen molar-refractivity contribution < 1.29 is 18.3 Å². The number of benzene rings is 1. The van der Waals surface area contributed by atoms with Gasteiger partial charge in [0.2, 0.25) is 11.6 Å². The number of alkyl halides is 1. The molecule has 0 aliphatic carbocycles. The van der Waals surface area contributed by atoms with Crippen molar-refractivity contribution in [3.05, 3.63) is 23.8 Å². The summed E-state index contributed by atoms with van der Waals surface area (Å²) in [4.78, 5) is 0. The maximum Gasteiger partial charge on any atom is 0.204 e. The first kappa shape index (κ1) is 17.5. The van der Waals surface area contributed by atoms with Gasteiger partial charge >= 0.3 is 0 Å². The normalized spacial score (nSPS) is 12.2. The highest BCUT2D eigenvalue weighted by molar-refractivity contribution is 14.1. The third kappa shape index (κ3) is 5.42. The highest BCUT2D eigenvalue weighted by Crippen LogP contribution is 2.27. The smallest absolute Gasteiger partial charge is 0.204 e. The van der Waals surface area contributed by atoms with Crippen LogP contribution in [0, 0.1) is 11.6 Å². The fourth-order valence-electron chi connectivity index (χ4n) is 1.89. The molecule has 1 unspecified atom stereocenters. The Labute approximate surface area is 133 Å². The number of hydrogen-bond donors (Lipinski definition) is 0. The van der Waals surface area contributed by atoms with Crippen LogP contribution in [0.25, 0.3) is 0 Å². The monoisotopic (exact) mass is 398 g/mol. The van der Waals surface area contributed by atoms with Gasteiger partial charge < -0.3 is 9.47 Å². The van der Waals surface area contributed by atoms with Crippen LogP contribution in [-0.4, -0.2) is 17.6 Å². The SMILES string of the molecule is CCCC(I)CCCCOc1ccc(OC)c(F)c1F. The molecule has 5 heteroatoms. The van der Waals surface area contributed by atoms with Crippen molar-refractivity contribution in [2.24, 2.45) is 0 Å². The highest BCUT2D eigenvalue weighted by Gasteiger charge is 2.14. The van der Waals surface area contributed by atoms with Gasteiger partial charge in [0.1, 0.15) is 0 Å². The number of methoxy groups -OCH3 is 1. The van der Waals surface area contributed by atoms with Gasteiger partial charge in [-0.25, -0.2) is 0 Å². The predicted octanol–water partition coefficient (Wildman–Crippen LogP) is 5.13. The summed E-state index contributed by atoms with van der Waals surface area (Å²) in [7, 11) is 1.30. The summed E-state index contributed by atoms with van der Waals surface area (Å²) in [6.45, 7) is 2.58. The molecule has 0 saturated carbocycles. The molecule has 0 aliphatic heterocycles. The Morgan fingerprint density at radius 3 is 2.40 bits per heavy atom. The van der Waals surface area contributed by atoms with Crippen molar-refractivity contribution >= 4 is 22.6 Å². The van der Waals surface area contributed by atoms with Gasteiger partial charge in [-0.1, -0.05) is 35.9 Å². The molecule has 0 spiro atoms. The molecule has 0 aromatic heterocycles. The second kappa shape index (κ2) is 9.37. The average Bonchev–Trinajstić information content (AvgIpc) is 2.43. The van der Waals surface area contributed by atoms with E-state index in [0.29, 0.717) is 10.5 Å². The fraction of sp³-hybridized carbons (Fsp3) is 0.600. The van der Waals surface area contributed by atoms with E-state index in [1.54, 1.807) is 0 Å². The van der Waals surface area contributed by atoms with Crippen molar-refractivity contribution in [3.8, 4) is 11.5 Å². The maximum atomic E-state index is 13.6. The third-order valence-corrected chi connectivity index (χ3v) is 4.25. The summed E-state index contributed by atoms with van der Waals surface area (Å²) >= 11 is 2.46. The van der Waals surface area contributed by atoms with Gasteiger partial charge in [-0.3, -0.25) is 0 Å². The van der Waals surface area contributed by atoms with Crippen molar-refractivity contribution in [3.63, 3.8) is 0 Å². The highest BCUT2D eigenvalue weighted by atomic mass is 127. The lowest BCUT2D eigenvalue weighted by Crippen LogP contribution is -2.03. The molecular formula is C15H21F2IO2. The Kier molecular flexibility index (Phi) is 8.18. The van der Waals surface area contributed by atoms with Crippen LogP contribution in [-0.2, 0) is 0 Å². The number of halogens is 3. The molecule has 1 aromatic carbocycles. The van der Waals surface area contributed by atoms with E-state index in [1.165, 1.54) is 32.1 Å². The predicted molar refractivity (Wildman–Crippen MR) is 85.0 cm³/mol. The molecular weight excluding hydrogens is 377 g/mol. The Morgan fingerprint density at radius 1 is 1.10 bits per heavy atom. The van der Waals surface area contributed by atoms with Crippen LogP contribution in [0.15, 0.2) is 12.1 Å². The molecule has 0 bridgehead atoms. The molecule has 1 aromatic rings. The number of hydrogen-bond acceptors (Lipinski definition) is 2. The molecule has 0 aliphatic rings. The van der Waals surface area contributed by atoms with Crippen LogP contribution < -0.4 is 9.47 Å². The topological polar surface area (TPSA) is 18.5 Å². The summed E-state index contributed by atoms with van der Waals surface area (Å²) in [6.07, 6.45) is 5.43. The Morgan fingerprint density at radius 2 is 1.75 bits per heavy atom. The van der Waals surface area contributed by atoms with Gasteiger partial charge in [0.15, 0.2) is 11.5 Å². The molecule has 0 amide bonds. The van der Waals surface area contributed by atoms with Gasteiger partial charge in [-0.15, -0.1) is 0 Å². The minimum atomic E-state index is -1.000. The lowest BCUT2D eigenvalue weighted by molar-refractivity contribution is 0.281. The molecule has 20 heavy (non-hydrogen) atoms. The quantitative estimate of drug-likeness (QED) is 0.326. The maximum absolute atomic E-state index is 13.6. The van der Waals surface area contributed by atoms with Crippen molar-refractivity contribution in [1.82, 2.24) is 0 Å². The number of ether oxygens (including phenoxy) is 2. The van der Waals surface area contributed by atoms with E-state index in [0.717, 1.165) is 19.3 Å². The van der Waals surface area contributed by atoms with Crippen molar-refractivity contribution in [2.45, 2.75) is 43.0 Å². The zero-order valence-electron chi connectivity index (χ0n) is 11.9. The number of unbranched alkanes of at least 4 members (excludes halogenated alkanes) is 1. The van der Waals surface area contributed by atoms with Gasteiger partial charge in [0.25, 0.3) is 0 Å². The minimum Gasteiger partial charge on any atom is -0.494 e. The van der Waals surface area contributed by atoms with Gasteiger partial charge in [-0.05, 0) is 37.8 Å². The molecule has 0 saturated heterocycles. The molecule has 1 rings (SSSR count). The fourth-order valence-corrected chi connectivity index (χ4v) is 2.95. The van der Waals surface area contributed by atoms with Gasteiger partial charge in [0.05, 0.1) is 13.7 Å².